The third-order valence-electron chi connectivity index (χ3n) is 6.49. The van der Waals surface area contributed by atoms with Crippen molar-refractivity contribution in [1.82, 2.24) is 0 Å². The number of carbonyl (C=O) groups is 2. The predicted octanol–water partition coefficient (Wildman–Crippen LogP) is 2.19. The van der Waals surface area contributed by atoms with Crippen LogP contribution >= 0.6 is 0 Å². The van der Waals surface area contributed by atoms with Crippen molar-refractivity contribution in [2.24, 2.45) is 34.5 Å². The Morgan fingerprint density at radius 3 is 2.67 bits per heavy atom. The summed E-state index contributed by atoms with van der Waals surface area (Å²) in [4.78, 5) is 24.4. The predicted molar refractivity (Wildman–Crippen MR) is 64.6 cm³/mol. The molecule has 4 rings (SSSR count). The highest BCUT2D eigenvalue weighted by Crippen LogP contribution is 2.73. The molecular formula is C15H20O3. The molecule has 4 fully saturated rings. The molecule has 5 atom stereocenters. The van der Waals surface area contributed by atoms with Gasteiger partial charge in [0.2, 0.25) is 0 Å². The molecule has 0 amide bonds. The zero-order valence-corrected chi connectivity index (χ0v) is 11.1. The smallest absolute Gasteiger partial charge is 0.309 e. The highest BCUT2D eigenvalue weighted by atomic mass is 16.5. The highest BCUT2D eigenvalue weighted by Gasteiger charge is 2.72. The van der Waals surface area contributed by atoms with Crippen LogP contribution in [0.4, 0.5) is 0 Å². The van der Waals surface area contributed by atoms with Gasteiger partial charge >= 0.3 is 5.97 Å². The van der Waals surface area contributed by atoms with E-state index in [2.05, 4.69) is 13.8 Å². The van der Waals surface area contributed by atoms with E-state index in [0.29, 0.717) is 30.6 Å². The Bertz CT molecular complexity index is 451. The summed E-state index contributed by atoms with van der Waals surface area (Å²) in [5, 5.41) is 0. The SMILES string of the molecule is CC1(C)C[C@@]23[C@@H]4CC[C@@H]1[C@H]2CC(=O)[C@@H]3COC4=O. The molecule has 0 aromatic rings. The molecule has 18 heavy (non-hydrogen) atoms. The summed E-state index contributed by atoms with van der Waals surface area (Å²) in [6, 6.07) is 0. The number of hydrogen-bond acceptors (Lipinski definition) is 3. The van der Waals surface area contributed by atoms with Gasteiger partial charge < -0.3 is 4.74 Å². The van der Waals surface area contributed by atoms with Gasteiger partial charge in [0.15, 0.2) is 0 Å². The fourth-order valence-electron chi connectivity index (χ4n) is 6.03. The first-order chi connectivity index (χ1) is 8.47. The maximum Gasteiger partial charge on any atom is 0.309 e. The van der Waals surface area contributed by atoms with E-state index in [4.69, 9.17) is 4.74 Å². The lowest BCUT2D eigenvalue weighted by Gasteiger charge is -2.47. The van der Waals surface area contributed by atoms with Crippen LogP contribution in [0.25, 0.3) is 0 Å². The van der Waals surface area contributed by atoms with Crippen LogP contribution in [0.2, 0.25) is 0 Å². The summed E-state index contributed by atoms with van der Waals surface area (Å²) in [5.41, 5.74) is 0.259. The molecule has 3 saturated carbocycles. The molecule has 0 aromatic carbocycles. The van der Waals surface area contributed by atoms with Gasteiger partial charge in [-0.25, -0.2) is 0 Å². The standard InChI is InChI=1S/C15H20O3/c1-14(2)7-15-9-4-3-8(14)10(15)5-12(16)11(15)6-18-13(9)17/h8-11H,3-7H2,1-2H3/t8-,9-,10-,11+,15-/m1/s1. The monoisotopic (exact) mass is 248 g/mol. The maximum atomic E-state index is 12.3. The summed E-state index contributed by atoms with van der Waals surface area (Å²) in [7, 11) is 0. The van der Waals surface area contributed by atoms with Crippen LogP contribution in [0.3, 0.4) is 0 Å². The van der Waals surface area contributed by atoms with Gasteiger partial charge in [0.1, 0.15) is 12.4 Å². The fraction of sp³-hybridized carbons (Fsp3) is 0.867. The molecule has 0 unspecified atom stereocenters. The molecule has 1 aliphatic heterocycles. The van der Waals surface area contributed by atoms with E-state index >= 15 is 0 Å². The Hall–Kier alpha value is -0.860. The maximum absolute atomic E-state index is 12.3. The van der Waals surface area contributed by atoms with Crippen molar-refractivity contribution in [1.29, 1.82) is 0 Å². The van der Waals surface area contributed by atoms with Crippen molar-refractivity contribution in [3.8, 4) is 0 Å². The Morgan fingerprint density at radius 2 is 1.89 bits per heavy atom. The Labute approximate surface area is 107 Å². The quantitative estimate of drug-likeness (QED) is 0.617. The first kappa shape index (κ1) is 11.0. The van der Waals surface area contributed by atoms with Crippen molar-refractivity contribution < 1.29 is 14.3 Å². The van der Waals surface area contributed by atoms with Crippen molar-refractivity contribution in [3.63, 3.8) is 0 Å². The van der Waals surface area contributed by atoms with Crippen molar-refractivity contribution in [2.45, 2.75) is 39.5 Å². The largest absolute Gasteiger partial charge is 0.465 e. The van der Waals surface area contributed by atoms with Gasteiger partial charge in [-0.15, -0.1) is 0 Å². The van der Waals surface area contributed by atoms with Crippen LogP contribution in [0.5, 0.6) is 0 Å². The van der Waals surface area contributed by atoms with E-state index in [-0.39, 0.29) is 28.6 Å². The third-order valence-corrected chi connectivity index (χ3v) is 6.49. The molecule has 98 valence electrons. The summed E-state index contributed by atoms with van der Waals surface area (Å²) in [6.07, 6.45) is 3.78. The number of cyclic esters (lactones) is 1. The Balaban J connectivity index is 1.90. The lowest BCUT2D eigenvalue weighted by molar-refractivity contribution is -0.175. The van der Waals surface area contributed by atoms with Gasteiger partial charge in [-0.05, 0) is 36.5 Å². The molecular weight excluding hydrogens is 228 g/mol. The number of rotatable bonds is 0. The summed E-state index contributed by atoms with van der Waals surface area (Å²) >= 11 is 0. The van der Waals surface area contributed by atoms with Gasteiger partial charge in [-0.1, -0.05) is 13.8 Å². The zero-order valence-electron chi connectivity index (χ0n) is 11.1. The molecule has 1 spiro atoms. The van der Waals surface area contributed by atoms with E-state index < -0.39 is 0 Å². The molecule has 3 aliphatic carbocycles. The van der Waals surface area contributed by atoms with E-state index in [1.54, 1.807) is 0 Å². The average Bonchev–Trinajstić information content (AvgIpc) is 2.60. The molecule has 0 N–H and O–H groups in total. The van der Waals surface area contributed by atoms with Crippen LogP contribution in [0.15, 0.2) is 0 Å². The van der Waals surface area contributed by atoms with Gasteiger partial charge in [0, 0.05) is 11.8 Å². The first-order valence-corrected chi connectivity index (χ1v) is 7.16. The van der Waals surface area contributed by atoms with Gasteiger partial charge in [-0.2, -0.15) is 0 Å². The highest BCUT2D eigenvalue weighted by molar-refractivity contribution is 5.89. The van der Waals surface area contributed by atoms with Gasteiger partial charge in [-0.3, -0.25) is 9.59 Å². The Morgan fingerprint density at radius 1 is 1.11 bits per heavy atom. The lowest BCUT2D eigenvalue weighted by Crippen LogP contribution is -2.51. The number of ketones is 1. The van der Waals surface area contributed by atoms with Crippen molar-refractivity contribution >= 4 is 11.8 Å². The number of carbonyl (C=O) groups excluding carboxylic acids is 2. The van der Waals surface area contributed by atoms with Crippen LogP contribution < -0.4 is 0 Å². The molecule has 0 aromatic heterocycles. The molecule has 3 nitrogen and oxygen atoms in total. The summed E-state index contributed by atoms with van der Waals surface area (Å²) in [6.45, 7) is 5.01. The Kier molecular flexibility index (Phi) is 1.83. The minimum atomic E-state index is -0.0289. The van der Waals surface area contributed by atoms with E-state index in [1.165, 1.54) is 0 Å². The van der Waals surface area contributed by atoms with Crippen LogP contribution in [0.1, 0.15) is 39.5 Å². The summed E-state index contributed by atoms with van der Waals surface area (Å²) in [5.74, 6) is 1.44. The second kappa shape index (κ2) is 3.00. The average molecular weight is 248 g/mol. The minimum absolute atomic E-state index is 0.00530. The fourth-order valence-corrected chi connectivity index (χ4v) is 6.03. The molecule has 3 heteroatoms. The lowest BCUT2D eigenvalue weighted by atomic mass is 9.58. The molecule has 4 aliphatic rings. The topological polar surface area (TPSA) is 43.4 Å². The molecule has 0 radical (unpaired) electrons. The second-order valence-corrected chi connectivity index (χ2v) is 7.47. The van der Waals surface area contributed by atoms with E-state index in [9.17, 15) is 9.59 Å². The number of esters is 1. The number of Topliss-reactive ketones (excluding diaryl/α,β-unsaturated/α-hetero) is 1. The number of ether oxygens (including phenoxy) is 1. The third kappa shape index (κ3) is 0.996. The molecule has 1 heterocycles. The van der Waals surface area contributed by atoms with E-state index in [1.807, 2.05) is 0 Å². The van der Waals surface area contributed by atoms with Crippen LogP contribution in [-0.2, 0) is 14.3 Å². The van der Waals surface area contributed by atoms with Crippen LogP contribution in [0, 0.1) is 34.5 Å². The van der Waals surface area contributed by atoms with Gasteiger partial charge in [0.05, 0.1) is 11.8 Å². The number of hydrogen-bond donors (Lipinski definition) is 0. The zero-order chi connectivity index (χ0) is 12.7. The molecule has 2 bridgehead atoms. The van der Waals surface area contributed by atoms with Gasteiger partial charge in [0.25, 0.3) is 0 Å². The van der Waals surface area contributed by atoms with Crippen LogP contribution in [-0.4, -0.2) is 18.4 Å². The normalized spacial score (nSPS) is 52.1. The second-order valence-electron chi connectivity index (χ2n) is 7.47. The first-order valence-electron chi connectivity index (χ1n) is 7.16. The van der Waals surface area contributed by atoms with E-state index in [0.717, 1.165) is 19.3 Å². The van der Waals surface area contributed by atoms with Crippen molar-refractivity contribution in [3.05, 3.63) is 0 Å². The molecule has 1 saturated heterocycles. The summed E-state index contributed by atoms with van der Waals surface area (Å²) < 4.78 is 5.30. The van der Waals surface area contributed by atoms with Crippen molar-refractivity contribution in [2.75, 3.05) is 6.61 Å². The minimum Gasteiger partial charge on any atom is -0.465 e.